The smallest absolute Gasteiger partial charge is 0.243 e. The highest BCUT2D eigenvalue weighted by molar-refractivity contribution is 7.98. The molecule has 1 heterocycles. The molecule has 2 aromatic carbocycles. The van der Waals surface area contributed by atoms with Crippen molar-refractivity contribution in [1.82, 2.24) is 9.21 Å². The molecule has 30 heavy (non-hydrogen) atoms. The Kier molecular flexibility index (Phi) is 6.48. The highest BCUT2D eigenvalue weighted by Crippen LogP contribution is 2.26. The highest BCUT2D eigenvalue weighted by atomic mass is 32.2. The number of aryl methyl sites for hydroxylation is 2. The van der Waals surface area contributed by atoms with Gasteiger partial charge in [0.15, 0.2) is 0 Å². The first-order chi connectivity index (χ1) is 14.5. The van der Waals surface area contributed by atoms with Crippen LogP contribution in [0.1, 0.15) is 17.5 Å². The number of carbonyl (C=O) groups is 1. The first kappa shape index (κ1) is 21.4. The Balaban J connectivity index is 1.32. The second-order valence-corrected chi connectivity index (χ2v) is 10.6. The van der Waals surface area contributed by atoms with Crippen LogP contribution in [0.15, 0.2) is 52.3 Å². The summed E-state index contributed by atoms with van der Waals surface area (Å²) in [5.74, 6) is -0.0804. The Morgan fingerprint density at radius 3 is 2.57 bits per heavy atom. The molecular formula is C22H27N3O3S2. The second-order valence-electron chi connectivity index (χ2n) is 7.74. The zero-order valence-electron chi connectivity index (χ0n) is 17.1. The van der Waals surface area contributed by atoms with E-state index in [-0.39, 0.29) is 12.5 Å². The van der Waals surface area contributed by atoms with Gasteiger partial charge in [-0.1, -0.05) is 12.1 Å². The SMILES string of the molecule is CSc1cccc(NC(=O)CN2CCN(S(=O)(=O)c3ccc4c(c3)CCC4)CC2)c1. The van der Waals surface area contributed by atoms with Gasteiger partial charge in [0, 0.05) is 36.8 Å². The lowest BCUT2D eigenvalue weighted by Gasteiger charge is -2.33. The summed E-state index contributed by atoms with van der Waals surface area (Å²) < 4.78 is 27.6. The Morgan fingerprint density at radius 2 is 1.80 bits per heavy atom. The zero-order valence-corrected chi connectivity index (χ0v) is 18.8. The molecule has 0 atom stereocenters. The monoisotopic (exact) mass is 445 g/mol. The summed E-state index contributed by atoms with van der Waals surface area (Å²) in [7, 11) is -3.49. The first-order valence-electron chi connectivity index (χ1n) is 10.2. The molecule has 6 nitrogen and oxygen atoms in total. The number of anilines is 1. The van der Waals surface area contributed by atoms with Gasteiger partial charge in [0.1, 0.15) is 0 Å². The van der Waals surface area contributed by atoms with E-state index in [1.54, 1.807) is 22.1 Å². The van der Waals surface area contributed by atoms with Gasteiger partial charge >= 0.3 is 0 Å². The maximum Gasteiger partial charge on any atom is 0.243 e. The van der Waals surface area contributed by atoms with Gasteiger partial charge in [0.2, 0.25) is 15.9 Å². The van der Waals surface area contributed by atoms with Crippen LogP contribution >= 0.6 is 11.8 Å². The lowest BCUT2D eigenvalue weighted by atomic mass is 10.1. The van der Waals surface area contributed by atoms with Crippen molar-refractivity contribution in [2.45, 2.75) is 29.1 Å². The number of piperazine rings is 1. The van der Waals surface area contributed by atoms with Crippen LogP contribution < -0.4 is 5.32 Å². The fraction of sp³-hybridized carbons (Fsp3) is 0.409. The average molecular weight is 446 g/mol. The van der Waals surface area contributed by atoms with Crippen LogP contribution in [0, 0.1) is 0 Å². The van der Waals surface area contributed by atoms with Crippen molar-refractivity contribution >= 4 is 33.4 Å². The van der Waals surface area contributed by atoms with Crippen LogP contribution in [-0.4, -0.2) is 62.5 Å². The van der Waals surface area contributed by atoms with E-state index in [9.17, 15) is 13.2 Å². The minimum Gasteiger partial charge on any atom is -0.325 e. The molecule has 8 heteroatoms. The van der Waals surface area contributed by atoms with Crippen LogP contribution in [0.5, 0.6) is 0 Å². The van der Waals surface area contributed by atoms with E-state index in [0.717, 1.165) is 35.4 Å². The maximum atomic E-state index is 13.0. The summed E-state index contributed by atoms with van der Waals surface area (Å²) in [6.07, 6.45) is 5.10. The fourth-order valence-corrected chi connectivity index (χ4v) is 6.02. The first-order valence-corrected chi connectivity index (χ1v) is 12.9. The molecule has 0 unspecified atom stereocenters. The second kappa shape index (κ2) is 9.09. The standard InChI is InChI=1S/C22H27N3O3S2/c1-29-20-7-3-6-19(15-20)23-22(26)16-24-10-12-25(13-11-24)30(27,28)21-9-8-17-4-2-5-18(17)14-21/h3,6-9,14-15H,2,4-5,10-13,16H2,1H3,(H,23,26). The van der Waals surface area contributed by atoms with Gasteiger partial charge in [-0.3, -0.25) is 9.69 Å². The third-order valence-electron chi connectivity index (χ3n) is 5.76. The van der Waals surface area contributed by atoms with Crippen molar-refractivity contribution < 1.29 is 13.2 Å². The molecule has 0 aromatic heterocycles. The Morgan fingerprint density at radius 1 is 1.03 bits per heavy atom. The Labute approximate surface area is 182 Å². The molecule has 0 bridgehead atoms. The van der Waals surface area contributed by atoms with Crippen LogP contribution in [0.2, 0.25) is 0 Å². The summed E-state index contributed by atoms with van der Waals surface area (Å²) in [5.41, 5.74) is 3.22. The van der Waals surface area contributed by atoms with Gasteiger partial charge in [-0.15, -0.1) is 11.8 Å². The van der Waals surface area contributed by atoms with Crippen LogP contribution in [0.25, 0.3) is 0 Å². The molecule has 2 aromatic rings. The number of hydrogen-bond acceptors (Lipinski definition) is 5. The summed E-state index contributed by atoms with van der Waals surface area (Å²) in [4.78, 5) is 15.9. The number of nitrogens with zero attached hydrogens (tertiary/aromatic N) is 2. The van der Waals surface area contributed by atoms with E-state index >= 15 is 0 Å². The zero-order chi connectivity index (χ0) is 21.1. The largest absolute Gasteiger partial charge is 0.325 e. The molecule has 0 spiro atoms. The molecule has 1 fully saturated rings. The lowest BCUT2D eigenvalue weighted by molar-refractivity contribution is -0.117. The number of thioether (sulfide) groups is 1. The molecule has 160 valence electrons. The quantitative estimate of drug-likeness (QED) is 0.693. The van der Waals surface area contributed by atoms with Crippen LogP contribution in [-0.2, 0) is 27.7 Å². The van der Waals surface area contributed by atoms with E-state index in [2.05, 4.69) is 5.32 Å². The van der Waals surface area contributed by atoms with Gasteiger partial charge in [-0.2, -0.15) is 4.31 Å². The maximum absolute atomic E-state index is 13.0. The molecular weight excluding hydrogens is 418 g/mol. The lowest BCUT2D eigenvalue weighted by Crippen LogP contribution is -2.50. The Hall–Kier alpha value is -1.87. The molecule has 0 radical (unpaired) electrons. The minimum atomic E-state index is -3.49. The van der Waals surface area contributed by atoms with E-state index in [1.807, 2.05) is 47.6 Å². The molecule has 2 aliphatic rings. The number of benzene rings is 2. The van der Waals surface area contributed by atoms with Crippen molar-refractivity contribution in [3.8, 4) is 0 Å². The number of rotatable bonds is 6. The van der Waals surface area contributed by atoms with Crippen molar-refractivity contribution in [2.24, 2.45) is 0 Å². The average Bonchev–Trinajstić information content (AvgIpc) is 3.22. The van der Waals surface area contributed by atoms with Gasteiger partial charge in [-0.05, 0) is 67.0 Å². The number of amides is 1. The third kappa shape index (κ3) is 4.72. The molecule has 0 saturated carbocycles. The van der Waals surface area contributed by atoms with Crippen molar-refractivity contribution in [3.63, 3.8) is 0 Å². The number of nitrogens with one attached hydrogen (secondary N) is 1. The molecule has 1 saturated heterocycles. The number of fused-ring (bicyclic) bond motifs is 1. The number of hydrogen-bond donors (Lipinski definition) is 1. The van der Waals surface area contributed by atoms with Gasteiger partial charge in [0.25, 0.3) is 0 Å². The minimum absolute atomic E-state index is 0.0804. The summed E-state index contributed by atoms with van der Waals surface area (Å²) in [6, 6.07) is 13.3. The third-order valence-corrected chi connectivity index (χ3v) is 8.38. The predicted octanol–water partition coefficient (Wildman–Crippen LogP) is 2.84. The molecule has 1 N–H and O–H groups in total. The van der Waals surface area contributed by atoms with E-state index in [1.165, 1.54) is 5.56 Å². The highest BCUT2D eigenvalue weighted by Gasteiger charge is 2.29. The van der Waals surface area contributed by atoms with Crippen LogP contribution in [0.4, 0.5) is 5.69 Å². The van der Waals surface area contributed by atoms with Gasteiger partial charge in [0.05, 0.1) is 11.4 Å². The number of sulfonamides is 1. The van der Waals surface area contributed by atoms with E-state index in [0.29, 0.717) is 31.1 Å². The fourth-order valence-electron chi connectivity index (χ4n) is 4.09. The van der Waals surface area contributed by atoms with Gasteiger partial charge < -0.3 is 5.32 Å². The summed E-state index contributed by atoms with van der Waals surface area (Å²) >= 11 is 1.63. The molecule has 4 rings (SSSR count). The summed E-state index contributed by atoms with van der Waals surface area (Å²) in [6.45, 7) is 2.14. The molecule has 1 aliphatic carbocycles. The van der Waals surface area contributed by atoms with Crippen LogP contribution in [0.3, 0.4) is 0 Å². The van der Waals surface area contributed by atoms with Crippen molar-refractivity contribution in [1.29, 1.82) is 0 Å². The molecule has 1 amide bonds. The Bertz CT molecular complexity index is 1030. The molecule has 1 aliphatic heterocycles. The number of carbonyl (C=O) groups excluding carboxylic acids is 1. The predicted molar refractivity (Wildman–Crippen MR) is 121 cm³/mol. The summed E-state index contributed by atoms with van der Waals surface area (Å²) in [5, 5.41) is 2.93. The van der Waals surface area contributed by atoms with Crippen molar-refractivity contribution in [3.05, 3.63) is 53.6 Å². The van der Waals surface area contributed by atoms with Crippen molar-refractivity contribution in [2.75, 3.05) is 44.3 Å². The van der Waals surface area contributed by atoms with E-state index < -0.39 is 10.0 Å². The normalized spacial score (nSPS) is 17.6. The van der Waals surface area contributed by atoms with E-state index in [4.69, 9.17) is 0 Å². The van der Waals surface area contributed by atoms with Gasteiger partial charge in [-0.25, -0.2) is 8.42 Å². The topological polar surface area (TPSA) is 69.7 Å².